The fourth-order valence-electron chi connectivity index (χ4n) is 2.47. The van der Waals surface area contributed by atoms with Gasteiger partial charge in [-0.1, -0.05) is 30.3 Å². The number of ether oxygens (including phenoxy) is 1. The van der Waals surface area contributed by atoms with Gasteiger partial charge in [0.2, 0.25) is 0 Å². The molecule has 2 amide bonds. The molecule has 0 unspecified atom stereocenters. The van der Waals surface area contributed by atoms with Crippen molar-refractivity contribution in [1.29, 1.82) is 0 Å². The second-order valence-electron chi connectivity index (χ2n) is 6.06. The Hall–Kier alpha value is -3.02. The summed E-state index contributed by atoms with van der Waals surface area (Å²) in [5.41, 5.74) is 3.04. The molecule has 0 radical (unpaired) electrons. The Balaban J connectivity index is 1.75. The molecule has 2 rings (SSSR count). The van der Waals surface area contributed by atoms with Crippen LogP contribution in [0.25, 0.3) is 0 Å². The average molecular weight is 355 g/mol. The first-order valence-corrected chi connectivity index (χ1v) is 8.45. The third kappa shape index (κ3) is 5.51. The van der Waals surface area contributed by atoms with Gasteiger partial charge >= 0.3 is 11.8 Å². The molecule has 0 aliphatic carbocycles. The molecule has 6 heteroatoms. The number of amides is 2. The summed E-state index contributed by atoms with van der Waals surface area (Å²) in [6.07, 6.45) is 0.666. The van der Waals surface area contributed by atoms with E-state index < -0.39 is 11.8 Å². The van der Waals surface area contributed by atoms with E-state index in [1.165, 1.54) is 0 Å². The molecule has 0 aliphatic heterocycles. The predicted octanol–water partition coefficient (Wildman–Crippen LogP) is 1.74. The van der Waals surface area contributed by atoms with Gasteiger partial charge in [-0.25, -0.2) is 0 Å². The Morgan fingerprint density at radius 2 is 1.62 bits per heavy atom. The highest BCUT2D eigenvalue weighted by molar-refractivity contribution is 6.35. The fraction of sp³-hybridized carbons (Fsp3) is 0.300. The van der Waals surface area contributed by atoms with Crippen LogP contribution in [-0.2, 0) is 22.6 Å². The molecule has 0 atom stereocenters. The molecule has 0 fully saturated rings. The molecular formula is C20H25N3O3. The summed E-state index contributed by atoms with van der Waals surface area (Å²) in [5.74, 6) is -0.613. The molecule has 0 bridgehead atoms. The van der Waals surface area contributed by atoms with Gasteiger partial charge in [-0.05, 0) is 30.2 Å². The number of methoxy groups -OCH3 is 1. The maximum atomic E-state index is 11.9. The highest BCUT2D eigenvalue weighted by Gasteiger charge is 2.13. The van der Waals surface area contributed by atoms with Crippen molar-refractivity contribution >= 4 is 17.5 Å². The second kappa shape index (κ2) is 9.46. The van der Waals surface area contributed by atoms with Gasteiger partial charge in [0.25, 0.3) is 0 Å². The van der Waals surface area contributed by atoms with E-state index in [-0.39, 0.29) is 6.54 Å². The number of carbonyl (C=O) groups is 2. The van der Waals surface area contributed by atoms with E-state index in [2.05, 4.69) is 10.6 Å². The molecule has 0 aliphatic rings. The Morgan fingerprint density at radius 1 is 0.962 bits per heavy atom. The third-order valence-electron chi connectivity index (χ3n) is 3.99. The maximum Gasteiger partial charge on any atom is 0.309 e. The number of hydrogen-bond donors (Lipinski definition) is 2. The van der Waals surface area contributed by atoms with Crippen LogP contribution in [0.4, 0.5) is 5.69 Å². The molecule has 0 spiro atoms. The zero-order valence-corrected chi connectivity index (χ0v) is 15.4. The SMILES string of the molecule is COc1ccccc1CNC(=O)C(=O)NCCc1ccc(N(C)C)cc1. The van der Waals surface area contributed by atoms with E-state index in [0.717, 1.165) is 16.8 Å². The summed E-state index contributed by atoms with van der Waals surface area (Å²) in [6.45, 7) is 0.643. The smallest absolute Gasteiger partial charge is 0.309 e. The lowest BCUT2D eigenvalue weighted by Crippen LogP contribution is -2.40. The number of hydrogen-bond acceptors (Lipinski definition) is 4. The van der Waals surface area contributed by atoms with Crippen LogP contribution in [0.2, 0.25) is 0 Å². The number of nitrogens with zero attached hydrogens (tertiary/aromatic N) is 1. The summed E-state index contributed by atoms with van der Waals surface area (Å²) < 4.78 is 5.22. The molecule has 2 aromatic rings. The first-order valence-electron chi connectivity index (χ1n) is 8.45. The number of nitrogens with one attached hydrogen (secondary N) is 2. The highest BCUT2D eigenvalue weighted by Crippen LogP contribution is 2.16. The molecular weight excluding hydrogens is 330 g/mol. The van der Waals surface area contributed by atoms with Crippen LogP contribution in [-0.4, -0.2) is 39.6 Å². The largest absolute Gasteiger partial charge is 0.496 e. The summed E-state index contributed by atoms with van der Waals surface area (Å²) in [7, 11) is 5.54. The van der Waals surface area contributed by atoms with Gasteiger partial charge in [0.05, 0.1) is 7.11 Å². The van der Waals surface area contributed by atoms with Crippen molar-refractivity contribution in [2.75, 3.05) is 32.6 Å². The molecule has 6 nitrogen and oxygen atoms in total. The van der Waals surface area contributed by atoms with Crippen molar-refractivity contribution in [3.63, 3.8) is 0 Å². The van der Waals surface area contributed by atoms with Gasteiger partial charge in [-0.15, -0.1) is 0 Å². The second-order valence-corrected chi connectivity index (χ2v) is 6.06. The van der Waals surface area contributed by atoms with Crippen LogP contribution in [0.5, 0.6) is 5.75 Å². The molecule has 0 aromatic heterocycles. The van der Waals surface area contributed by atoms with Crippen LogP contribution < -0.4 is 20.3 Å². The Morgan fingerprint density at radius 3 is 2.27 bits per heavy atom. The lowest BCUT2D eigenvalue weighted by atomic mass is 10.1. The van der Waals surface area contributed by atoms with Crippen LogP contribution in [0.3, 0.4) is 0 Å². The molecule has 0 saturated carbocycles. The van der Waals surface area contributed by atoms with E-state index >= 15 is 0 Å². The van der Waals surface area contributed by atoms with E-state index in [1.54, 1.807) is 7.11 Å². The normalized spacial score (nSPS) is 10.1. The van der Waals surface area contributed by atoms with E-state index in [4.69, 9.17) is 4.74 Å². The monoisotopic (exact) mass is 355 g/mol. The zero-order valence-electron chi connectivity index (χ0n) is 15.4. The van der Waals surface area contributed by atoms with Gasteiger partial charge in [-0.2, -0.15) is 0 Å². The standard InChI is InChI=1S/C20H25N3O3/c1-23(2)17-10-8-15(9-11-17)12-13-21-19(24)20(25)22-14-16-6-4-5-7-18(16)26-3/h4-11H,12-14H2,1-3H3,(H,21,24)(H,22,25). The van der Waals surface area contributed by atoms with E-state index in [9.17, 15) is 9.59 Å². The lowest BCUT2D eigenvalue weighted by Gasteiger charge is -2.13. The minimum Gasteiger partial charge on any atom is -0.496 e. The molecule has 2 aromatic carbocycles. The molecule has 26 heavy (non-hydrogen) atoms. The predicted molar refractivity (Wildman–Crippen MR) is 102 cm³/mol. The number of benzene rings is 2. The number of rotatable bonds is 7. The quantitative estimate of drug-likeness (QED) is 0.742. The third-order valence-corrected chi connectivity index (χ3v) is 3.99. The summed E-state index contributed by atoms with van der Waals surface area (Å²) >= 11 is 0. The van der Waals surface area contributed by atoms with Crippen molar-refractivity contribution in [2.45, 2.75) is 13.0 Å². The van der Waals surface area contributed by atoms with Crippen molar-refractivity contribution < 1.29 is 14.3 Å². The minimum absolute atomic E-state index is 0.238. The van der Waals surface area contributed by atoms with Crippen molar-refractivity contribution in [2.24, 2.45) is 0 Å². The van der Waals surface area contributed by atoms with Gasteiger partial charge < -0.3 is 20.3 Å². The Kier molecular flexibility index (Phi) is 7.02. The molecule has 2 N–H and O–H groups in total. The summed E-state index contributed by atoms with van der Waals surface area (Å²) in [4.78, 5) is 25.8. The van der Waals surface area contributed by atoms with Crippen LogP contribution in [0, 0.1) is 0 Å². The molecule has 0 heterocycles. The summed E-state index contributed by atoms with van der Waals surface area (Å²) in [6, 6.07) is 15.4. The minimum atomic E-state index is -0.654. The molecule has 138 valence electrons. The summed E-state index contributed by atoms with van der Waals surface area (Å²) in [5, 5.41) is 5.25. The lowest BCUT2D eigenvalue weighted by molar-refractivity contribution is -0.139. The van der Waals surface area contributed by atoms with Gasteiger partial charge in [0.1, 0.15) is 5.75 Å². The van der Waals surface area contributed by atoms with Crippen molar-refractivity contribution in [3.8, 4) is 5.75 Å². The van der Waals surface area contributed by atoms with Gasteiger partial charge in [0, 0.05) is 38.4 Å². The Bertz CT molecular complexity index is 742. The topological polar surface area (TPSA) is 70.7 Å². The zero-order chi connectivity index (χ0) is 18.9. The van der Waals surface area contributed by atoms with Gasteiger partial charge in [0.15, 0.2) is 0 Å². The van der Waals surface area contributed by atoms with Crippen LogP contribution in [0.1, 0.15) is 11.1 Å². The first kappa shape index (κ1) is 19.3. The number of anilines is 1. The average Bonchev–Trinajstić information content (AvgIpc) is 2.66. The fourth-order valence-corrected chi connectivity index (χ4v) is 2.47. The van der Waals surface area contributed by atoms with Crippen LogP contribution in [0.15, 0.2) is 48.5 Å². The maximum absolute atomic E-state index is 11.9. The van der Waals surface area contributed by atoms with Gasteiger partial charge in [-0.3, -0.25) is 9.59 Å². The number of carbonyl (C=O) groups excluding carboxylic acids is 2. The van der Waals surface area contributed by atoms with Crippen molar-refractivity contribution in [3.05, 3.63) is 59.7 Å². The van der Waals surface area contributed by atoms with E-state index in [1.807, 2.05) is 67.5 Å². The van der Waals surface area contributed by atoms with Crippen LogP contribution >= 0.6 is 0 Å². The number of para-hydroxylation sites is 1. The Labute approximate surface area is 154 Å². The molecule has 0 saturated heterocycles. The van der Waals surface area contributed by atoms with E-state index in [0.29, 0.717) is 18.7 Å². The van der Waals surface area contributed by atoms with Crippen molar-refractivity contribution in [1.82, 2.24) is 10.6 Å². The first-order chi connectivity index (χ1) is 12.5. The highest BCUT2D eigenvalue weighted by atomic mass is 16.5.